The number of carbonyl (C=O) groups excluding carboxylic acids is 1. The molecule has 1 aliphatic rings. The van der Waals surface area contributed by atoms with Gasteiger partial charge in [0.25, 0.3) is 0 Å². The van der Waals surface area contributed by atoms with Crippen LogP contribution >= 0.6 is 23.1 Å². The van der Waals surface area contributed by atoms with Gasteiger partial charge in [0.1, 0.15) is 16.8 Å². The lowest BCUT2D eigenvalue weighted by molar-refractivity contribution is -0.115. The minimum Gasteiger partial charge on any atom is -0.463 e. The molecule has 0 aliphatic heterocycles. The molecule has 1 amide bonds. The van der Waals surface area contributed by atoms with Gasteiger partial charge >= 0.3 is 0 Å². The van der Waals surface area contributed by atoms with E-state index in [0.717, 1.165) is 28.8 Å². The van der Waals surface area contributed by atoms with Crippen LogP contribution in [0.1, 0.15) is 23.1 Å². The summed E-state index contributed by atoms with van der Waals surface area (Å²) in [6.45, 7) is 0. The monoisotopic (exact) mass is 525 g/mol. The van der Waals surface area contributed by atoms with Crippen LogP contribution in [0.2, 0.25) is 0 Å². The maximum Gasteiger partial charge on any atom is 0.225 e. The second kappa shape index (κ2) is 10.0. The van der Waals surface area contributed by atoms with Gasteiger partial charge in [-0.15, -0.1) is 21.5 Å². The van der Waals surface area contributed by atoms with E-state index in [0.29, 0.717) is 44.4 Å². The number of aryl methyl sites for hydroxylation is 1. The van der Waals surface area contributed by atoms with E-state index in [2.05, 4.69) is 38.7 Å². The predicted molar refractivity (Wildman–Crippen MR) is 141 cm³/mol. The number of nitrogens with one attached hydrogen (secondary N) is 1. The number of hydrogen-bond donors (Lipinski definition) is 1. The molecule has 0 unspecified atom stereocenters. The fourth-order valence-electron chi connectivity index (χ4n) is 4.31. The molecule has 1 aromatic carbocycles. The van der Waals surface area contributed by atoms with E-state index in [-0.39, 0.29) is 12.3 Å². The molecule has 0 spiro atoms. The average Bonchev–Trinajstić information content (AvgIpc) is 3.70. The Morgan fingerprint density at radius 3 is 2.57 bits per heavy atom. The molecule has 37 heavy (non-hydrogen) atoms. The van der Waals surface area contributed by atoms with Crippen molar-refractivity contribution in [2.24, 2.45) is 0 Å². The first kappa shape index (κ1) is 23.2. The molecule has 4 aromatic heterocycles. The summed E-state index contributed by atoms with van der Waals surface area (Å²) in [5.74, 6) is 1.37. The van der Waals surface area contributed by atoms with Gasteiger partial charge in [0.2, 0.25) is 11.1 Å². The number of furan rings is 2. The zero-order valence-corrected chi connectivity index (χ0v) is 21.1. The summed E-state index contributed by atoms with van der Waals surface area (Å²) < 4.78 is 11.0. The summed E-state index contributed by atoms with van der Waals surface area (Å²) in [6, 6.07) is 17.7. The van der Waals surface area contributed by atoms with Gasteiger partial charge < -0.3 is 14.2 Å². The molecule has 0 radical (unpaired) electrons. The standard InChI is InChI=1S/C27H19N5O3S2/c28-15-19-18-10-9-16-5-1-2-6-17(16)25(18)37-26(19)29-22(33)11-14-36-27-30-23(20-7-3-12-34-20)24(31-32-27)21-8-4-13-35-21/h1-8,12-13H,9-11,14H2,(H,29,33). The number of nitrogens with zero attached hydrogens (tertiary/aromatic N) is 4. The lowest BCUT2D eigenvalue weighted by Gasteiger charge is -2.15. The van der Waals surface area contributed by atoms with Crippen molar-refractivity contribution in [1.29, 1.82) is 5.26 Å². The van der Waals surface area contributed by atoms with E-state index in [9.17, 15) is 10.1 Å². The largest absolute Gasteiger partial charge is 0.463 e. The minimum atomic E-state index is -0.165. The fourth-order valence-corrected chi connectivity index (χ4v) is 6.31. The third-order valence-electron chi connectivity index (χ3n) is 6.01. The van der Waals surface area contributed by atoms with Crippen LogP contribution in [0.5, 0.6) is 0 Å². The van der Waals surface area contributed by atoms with Crippen molar-refractivity contribution in [3.8, 4) is 39.4 Å². The lowest BCUT2D eigenvalue weighted by atomic mass is 9.90. The Bertz CT molecular complexity index is 1620. The summed E-state index contributed by atoms with van der Waals surface area (Å²) in [7, 11) is 0. The summed E-state index contributed by atoms with van der Waals surface area (Å²) in [5.41, 5.74) is 5.02. The number of nitriles is 1. The van der Waals surface area contributed by atoms with Crippen LogP contribution in [-0.4, -0.2) is 26.8 Å². The molecule has 1 aliphatic carbocycles. The number of carbonyl (C=O) groups is 1. The van der Waals surface area contributed by atoms with Crippen molar-refractivity contribution in [2.45, 2.75) is 24.4 Å². The number of fused-ring (bicyclic) bond motifs is 3. The molecule has 0 bridgehead atoms. The number of thiophene rings is 1. The molecule has 0 atom stereocenters. The van der Waals surface area contributed by atoms with Gasteiger partial charge in [-0.2, -0.15) is 5.26 Å². The second-order valence-corrected chi connectivity index (χ2v) is 10.4. The summed E-state index contributed by atoms with van der Waals surface area (Å²) in [4.78, 5) is 18.5. The van der Waals surface area contributed by atoms with Gasteiger partial charge in [-0.3, -0.25) is 4.79 Å². The molecule has 6 rings (SSSR count). The molecule has 10 heteroatoms. The number of aromatic nitrogens is 3. The summed E-state index contributed by atoms with van der Waals surface area (Å²) >= 11 is 2.80. The SMILES string of the molecule is N#Cc1c(NC(=O)CCSc2nnc(-c3ccco3)c(-c3ccco3)n2)sc2c1CCc1ccccc1-2. The number of rotatable bonds is 7. The molecule has 0 fully saturated rings. The Kier molecular flexibility index (Phi) is 6.30. The van der Waals surface area contributed by atoms with Gasteiger partial charge in [0.05, 0.1) is 18.1 Å². The predicted octanol–water partition coefficient (Wildman–Crippen LogP) is 6.21. The molecular weight excluding hydrogens is 506 g/mol. The molecule has 4 heterocycles. The van der Waals surface area contributed by atoms with Crippen molar-refractivity contribution in [1.82, 2.24) is 15.2 Å². The maximum atomic E-state index is 12.8. The highest BCUT2D eigenvalue weighted by Crippen LogP contribution is 2.44. The molecule has 0 saturated carbocycles. The topological polar surface area (TPSA) is 118 Å². The van der Waals surface area contributed by atoms with E-state index in [1.807, 2.05) is 12.1 Å². The Hall–Kier alpha value is -4.20. The number of benzene rings is 1. The van der Waals surface area contributed by atoms with Crippen molar-refractivity contribution in [2.75, 3.05) is 11.1 Å². The van der Waals surface area contributed by atoms with Gasteiger partial charge in [0, 0.05) is 17.1 Å². The van der Waals surface area contributed by atoms with Crippen molar-refractivity contribution in [3.05, 3.63) is 77.7 Å². The quantitative estimate of drug-likeness (QED) is 0.249. The number of hydrogen-bond acceptors (Lipinski definition) is 9. The minimum absolute atomic E-state index is 0.165. The average molecular weight is 526 g/mol. The van der Waals surface area contributed by atoms with E-state index >= 15 is 0 Å². The highest BCUT2D eigenvalue weighted by atomic mass is 32.2. The number of amides is 1. The smallest absolute Gasteiger partial charge is 0.225 e. The molecule has 1 N–H and O–H groups in total. The van der Waals surface area contributed by atoms with E-state index < -0.39 is 0 Å². The van der Waals surface area contributed by atoms with Crippen LogP contribution in [0.15, 0.2) is 75.0 Å². The van der Waals surface area contributed by atoms with Gasteiger partial charge in [-0.1, -0.05) is 36.0 Å². The first-order valence-corrected chi connectivity index (χ1v) is 13.4. The Balaban J connectivity index is 1.15. The van der Waals surface area contributed by atoms with Crippen molar-refractivity contribution < 1.29 is 13.6 Å². The lowest BCUT2D eigenvalue weighted by Crippen LogP contribution is -2.12. The third-order valence-corrected chi connectivity index (χ3v) is 8.03. The van der Waals surface area contributed by atoms with Gasteiger partial charge in [-0.05, 0) is 53.8 Å². The van der Waals surface area contributed by atoms with E-state index in [1.54, 1.807) is 36.8 Å². The highest BCUT2D eigenvalue weighted by molar-refractivity contribution is 7.99. The first-order valence-electron chi connectivity index (χ1n) is 11.6. The summed E-state index contributed by atoms with van der Waals surface area (Å²) in [6.07, 6.45) is 5.05. The third kappa shape index (κ3) is 4.55. The highest BCUT2D eigenvalue weighted by Gasteiger charge is 2.25. The maximum absolute atomic E-state index is 12.8. The zero-order valence-electron chi connectivity index (χ0n) is 19.4. The second-order valence-electron chi connectivity index (χ2n) is 8.28. The Labute approximate surface area is 220 Å². The van der Waals surface area contributed by atoms with Crippen LogP contribution in [0.4, 0.5) is 5.00 Å². The van der Waals surface area contributed by atoms with Gasteiger partial charge in [0.15, 0.2) is 17.2 Å². The molecule has 182 valence electrons. The van der Waals surface area contributed by atoms with E-state index in [1.165, 1.54) is 28.7 Å². The number of anilines is 1. The Morgan fingerprint density at radius 2 is 1.81 bits per heavy atom. The van der Waals surface area contributed by atoms with Crippen LogP contribution in [0.25, 0.3) is 33.3 Å². The molecule has 8 nitrogen and oxygen atoms in total. The van der Waals surface area contributed by atoms with Crippen LogP contribution in [0, 0.1) is 11.3 Å². The molecule has 5 aromatic rings. The molecular formula is C27H19N5O3S2. The van der Waals surface area contributed by atoms with Crippen molar-refractivity contribution >= 4 is 34.0 Å². The fraction of sp³-hybridized carbons (Fsp3) is 0.148. The van der Waals surface area contributed by atoms with Crippen LogP contribution < -0.4 is 5.32 Å². The normalized spacial score (nSPS) is 12.0. The summed E-state index contributed by atoms with van der Waals surface area (Å²) in [5, 5.41) is 22.3. The zero-order chi connectivity index (χ0) is 25.2. The van der Waals surface area contributed by atoms with E-state index in [4.69, 9.17) is 8.83 Å². The first-order chi connectivity index (χ1) is 18.2. The van der Waals surface area contributed by atoms with Crippen LogP contribution in [0.3, 0.4) is 0 Å². The number of thioether (sulfide) groups is 1. The van der Waals surface area contributed by atoms with Crippen LogP contribution in [-0.2, 0) is 17.6 Å². The van der Waals surface area contributed by atoms with Gasteiger partial charge in [-0.25, -0.2) is 4.98 Å². The molecule has 0 saturated heterocycles. The van der Waals surface area contributed by atoms with Crippen molar-refractivity contribution in [3.63, 3.8) is 0 Å². The Morgan fingerprint density at radius 1 is 1.03 bits per heavy atom.